The number of amides is 1. The maximum Gasteiger partial charge on any atom is 0.279 e. The summed E-state index contributed by atoms with van der Waals surface area (Å²) < 4.78 is 17.0. The van der Waals surface area contributed by atoms with Crippen molar-refractivity contribution in [3.05, 3.63) is 81.7 Å². The summed E-state index contributed by atoms with van der Waals surface area (Å²) in [6, 6.07) is 16.6. The summed E-state index contributed by atoms with van der Waals surface area (Å²) in [7, 11) is 4.51. The fourth-order valence-corrected chi connectivity index (χ4v) is 3.67. The zero-order chi connectivity index (χ0) is 23.5. The average molecular weight is 466 g/mol. The molecule has 9 heteroatoms. The Morgan fingerprint density at radius 1 is 0.909 bits per heavy atom. The SMILES string of the molecule is COc1ccc(-n2nc(C(=O)Nc3ccc(OC)c(Cl)c3)c3ccccc3c2=O)c(OC)c1. The molecule has 0 bridgehead atoms. The molecule has 0 spiro atoms. The number of aromatic nitrogens is 2. The molecule has 168 valence electrons. The normalized spacial score (nSPS) is 10.7. The number of carbonyl (C=O) groups is 1. The van der Waals surface area contributed by atoms with Gasteiger partial charge in [0.05, 0.1) is 31.7 Å². The first-order valence-corrected chi connectivity index (χ1v) is 10.2. The average Bonchev–Trinajstić information content (AvgIpc) is 2.84. The van der Waals surface area contributed by atoms with Gasteiger partial charge in [-0.15, -0.1) is 0 Å². The van der Waals surface area contributed by atoms with E-state index in [1.807, 2.05) is 0 Å². The Labute approximate surface area is 194 Å². The van der Waals surface area contributed by atoms with Crippen LogP contribution in [-0.4, -0.2) is 37.0 Å². The summed E-state index contributed by atoms with van der Waals surface area (Å²) in [4.78, 5) is 26.5. The van der Waals surface area contributed by atoms with Gasteiger partial charge in [0, 0.05) is 17.1 Å². The van der Waals surface area contributed by atoms with E-state index in [2.05, 4.69) is 10.4 Å². The number of rotatable bonds is 6. The maximum atomic E-state index is 13.3. The van der Waals surface area contributed by atoms with Crippen molar-refractivity contribution in [2.75, 3.05) is 26.6 Å². The van der Waals surface area contributed by atoms with Gasteiger partial charge < -0.3 is 19.5 Å². The van der Waals surface area contributed by atoms with E-state index >= 15 is 0 Å². The number of benzene rings is 3. The molecule has 0 saturated heterocycles. The molecule has 0 atom stereocenters. The van der Waals surface area contributed by atoms with E-state index in [1.54, 1.807) is 60.7 Å². The number of halogens is 1. The molecule has 0 saturated carbocycles. The smallest absolute Gasteiger partial charge is 0.279 e. The number of hydrogen-bond donors (Lipinski definition) is 1. The van der Waals surface area contributed by atoms with Gasteiger partial charge in [-0.3, -0.25) is 9.59 Å². The predicted molar refractivity (Wildman–Crippen MR) is 126 cm³/mol. The minimum absolute atomic E-state index is 0.0648. The molecular weight excluding hydrogens is 446 g/mol. The Bertz CT molecular complexity index is 1420. The Balaban J connectivity index is 1.86. The van der Waals surface area contributed by atoms with Gasteiger partial charge in [0.1, 0.15) is 22.9 Å². The highest BCUT2D eigenvalue weighted by atomic mass is 35.5. The Hall–Kier alpha value is -4.04. The molecule has 1 aromatic heterocycles. The third-order valence-corrected chi connectivity index (χ3v) is 5.34. The van der Waals surface area contributed by atoms with Gasteiger partial charge in [0.2, 0.25) is 0 Å². The number of ether oxygens (including phenoxy) is 3. The van der Waals surface area contributed by atoms with Crippen molar-refractivity contribution in [2.45, 2.75) is 0 Å². The fraction of sp³-hybridized carbons (Fsp3) is 0.125. The number of fused-ring (bicyclic) bond motifs is 1. The van der Waals surface area contributed by atoms with Gasteiger partial charge >= 0.3 is 0 Å². The molecule has 33 heavy (non-hydrogen) atoms. The van der Waals surface area contributed by atoms with Crippen LogP contribution in [0, 0.1) is 0 Å². The van der Waals surface area contributed by atoms with Crippen molar-refractivity contribution >= 4 is 34.0 Å². The van der Waals surface area contributed by atoms with Gasteiger partial charge in [0.15, 0.2) is 5.69 Å². The summed E-state index contributed by atoms with van der Waals surface area (Å²) in [5, 5.41) is 8.28. The van der Waals surface area contributed by atoms with Crippen LogP contribution >= 0.6 is 11.6 Å². The minimum Gasteiger partial charge on any atom is -0.497 e. The first-order chi connectivity index (χ1) is 16.0. The molecule has 4 aromatic rings. The van der Waals surface area contributed by atoms with E-state index in [1.165, 1.54) is 21.3 Å². The second-order valence-corrected chi connectivity index (χ2v) is 7.36. The lowest BCUT2D eigenvalue weighted by molar-refractivity contribution is 0.102. The van der Waals surface area contributed by atoms with E-state index in [0.29, 0.717) is 44.4 Å². The largest absolute Gasteiger partial charge is 0.497 e. The van der Waals surface area contributed by atoms with Crippen LogP contribution in [0.1, 0.15) is 10.5 Å². The highest BCUT2D eigenvalue weighted by molar-refractivity contribution is 6.32. The molecule has 0 aliphatic heterocycles. The fourth-order valence-electron chi connectivity index (χ4n) is 3.41. The second-order valence-electron chi connectivity index (χ2n) is 6.95. The third-order valence-electron chi connectivity index (χ3n) is 5.04. The van der Waals surface area contributed by atoms with Crippen LogP contribution in [0.2, 0.25) is 5.02 Å². The summed E-state index contributed by atoms with van der Waals surface area (Å²) in [6.45, 7) is 0. The molecule has 1 heterocycles. The second kappa shape index (κ2) is 9.22. The summed E-state index contributed by atoms with van der Waals surface area (Å²) in [5.74, 6) is 0.901. The lowest BCUT2D eigenvalue weighted by atomic mass is 10.1. The molecule has 3 aromatic carbocycles. The lowest BCUT2D eigenvalue weighted by Gasteiger charge is -2.14. The Morgan fingerprint density at radius 3 is 2.30 bits per heavy atom. The summed E-state index contributed by atoms with van der Waals surface area (Å²) >= 11 is 6.18. The van der Waals surface area contributed by atoms with Crippen molar-refractivity contribution in [3.8, 4) is 22.9 Å². The van der Waals surface area contributed by atoms with Crippen molar-refractivity contribution in [3.63, 3.8) is 0 Å². The van der Waals surface area contributed by atoms with Crippen LogP contribution in [0.15, 0.2) is 65.5 Å². The topological polar surface area (TPSA) is 91.7 Å². The molecule has 0 aliphatic rings. The van der Waals surface area contributed by atoms with Crippen LogP contribution < -0.4 is 25.1 Å². The molecule has 0 aliphatic carbocycles. The maximum absolute atomic E-state index is 13.3. The van der Waals surface area contributed by atoms with E-state index in [-0.39, 0.29) is 5.69 Å². The van der Waals surface area contributed by atoms with Crippen LogP contribution in [0.5, 0.6) is 17.2 Å². The number of methoxy groups -OCH3 is 3. The van der Waals surface area contributed by atoms with E-state index < -0.39 is 11.5 Å². The number of nitrogens with zero attached hydrogens (tertiary/aromatic N) is 2. The quantitative estimate of drug-likeness (QED) is 0.456. The first kappa shape index (κ1) is 22.2. The number of carbonyl (C=O) groups excluding carboxylic acids is 1. The Kier molecular flexibility index (Phi) is 6.19. The molecule has 8 nitrogen and oxygen atoms in total. The monoisotopic (exact) mass is 465 g/mol. The van der Waals surface area contributed by atoms with Crippen molar-refractivity contribution < 1.29 is 19.0 Å². The molecule has 0 fully saturated rings. The van der Waals surface area contributed by atoms with Gasteiger partial charge in [-0.1, -0.05) is 29.8 Å². The first-order valence-electron chi connectivity index (χ1n) is 9.86. The standard InChI is InChI=1S/C24H20ClN3O5/c1-31-15-9-10-19(21(13-15)33-3)28-24(30)17-7-5-4-6-16(17)22(27-28)23(29)26-14-8-11-20(32-2)18(25)12-14/h4-13H,1-3H3,(H,26,29). The zero-order valence-corrected chi connectivity index (χ0v) is 18.8. The van der Waals surface area contributed by atoms with Gasteiger partial charge in [-0.25, -0.2) is 0 Å². The van der Waals surface area contributed by atoms with Crippen LogP contribution in [0.25, 0.3) is 16.5 Å². The van der Waals surface area contributed by atoms with Crippen molar-refractivity contribution in [2.24, 2.45) is 0 Å². The molecule has 1 N–H and O–H groups in total. The third kappa shape index (κ3) is 4.20. The number of hydrogen-bond acceptors (Lipinski definition) is 6. The molecule has 0 radical (unpaired) electrons. The van der Waals surface area contributed by atoms with Gasteiger partial charge in [0.25, 0.3) is 11.5 Å². The molecule has 0 unspecified atom stereocenters. The van der Waals surface area contributed by atoms with E-state index in [9.17, 15) is 9.59 Å². The van der Waals surface area contributed by atoms with Crippen molar-refractivity contribution in [1.29, 1.82) is 0 Å². The Morgan fingerprint density at radius 2 is 1.64 bits per heavy atom. The lowest BCUT2D eigenvalue weighted by Crippen LogP contribution is -2.26. The van der Waals surface area contributed by atoms with E-state index in [4.69, 9.17) is 25.8 Å². The van der Waals surface area contributed by atoms with Gasteiger partial charge in [-0.05, 0) is 36.4 Å². The molecule has 4 rings (SSSR count). The summed E-state index contributed by atoms with van der Waals surface area (Å²) in [6.07, 6.45) is 0. The number of anilines is 1. The predicted octanol–water partition coefficient (Wildman–Crippen LogP) is 4.32. The van der Waals surface area contributed by atoms with Crippen LogP contribution in [-0.2, 0) is 0 Å². The summed E-state index contributed by atoms with van der Waals surface area (Å²) in [5.41, 5.74) is 0.500. The highest BCUT2D eigenvalue weighted by Gasteiger charge is 2.20. The van der Waals surface area contributed by atoms with E-state index in [0.717, 1.165) is 4.68 Å². The molecular formula is C24H20ClN3O5. The highest BCUT2D eigenvalue weighted by Crippen LogP contribution is 2.29. The van der Waals surface area contributed by atoms with Crippen LogP contribution in [0.4, 0.5) is 5.69 Å². The van der Waals surface area contributed by atoms with Gasteiger partial charge in [-0.2, -0.15) is 9.78 Å². The van der Waals surface area contributed by atoms with Crippen molar-refractivity contribution in [1.82, 2.24) is 9.78 Å². The number of nitrogens with one attached hydrogen (secondary N) is 1. The molecule has 1 amide bonds. The minimum atomic E-state index is -0.506. The van der Waals surface area contributed by atoms with Crippen LogP contribution in [0.3, 0.4) is 0 Å². The zero-order valence-electron chi connectivity index (χ0n) is 18.1.